The summed E-state index contributed by atoms with van der Waals surface area (Å²) in [5.41, 5.74) is -2.34. The fraction of sp³-hybridized carbons (Fsp3) is 0.125. The number of hydrogen-bond donors (Lipinski definition) is 0. The average Bonchev–Trinajstić information content (AvgIpc) is 2.07. The molecule has 1 nitrogen and oxygen atoms in total. The molecule has 74 valence electrons. The van der Waals surface area contributed by atoms with Crippen molar-refractivity contribution >= 4 is 0 Å². The highest BCUT2D eigenvalue weighted by atomic mass is 19.4. The summed E-state index contributed by atoms with van der Waals surface area (Å²) in [7, 11) is 0. The van der Waals surface area contributed by atoms with E-state index in [9.17, 15) is 22.0 Å². The minimum atomic E-state index is -4.79. The van der Waals surface area contributed by atoms with Gasteiger partial charge in [-0.1, -0.05) is 0 Å². The number of alkyl halides is 3. The summed E-state index contributed by atoms with van der Waals surface area (Å²) in [6, 6.07) is 1.41. The van der Waals surface area contributed by atoms with E-state index in [0.29, 0.717) is 0 Å². The maximum Gasteiger partial charge on any atom is 0.416 e. The van der Waals surface area contributed by atoms with Gasteiger partial charge in [-0.3, -0.25) is 0 Å². The highest BCUT2D eigenvalue weighted by Gasteiger charge is 2.32. The highest BCUT2D eigenvalue weighted by Crippen LogP contribution is 2.31. The number of nitrogens with zero attached hydrogens (tertiary/aromatic N) is 1. The van der Waals surface area contributed by atoms with Gasteiger partial charge in [-0.15, -0.1) is 0 Å². The Morgan fingerprint density at radius 3 is 2.14 bits per heavy atom. The smallest absolute Gasteiger partial charge is 0.204 e. The van der Waals surface area contributed by atoms with Gasteiger partial charge in [0.2, 0.25) is 0 Å². The van der Waals surface area contributed by atoms with Crippen molar-refractivity contribution in [3.05, 3.63) is 34.9 Å². The second-order valence-electron chi connectivity index (χ2n) is 2.43. The molecule has 0 saturated heterocycles. The molecule has 1 rings (SSSR count). The lowest BCUT2D eigenvalue weighted by molar-refractivity contribution is -0.137. The van der Waals surface area contributed by atoms with E-state index >= 15 is 0 Å². The summed E-state index contributed by atoms with van der Waals surface area (Å²) in [6.45, 7) is 0. The number of halogens is 5. The SMILES string of the molecule is N#Cc1cc(C(F)(F)F)cc(F)c1F. The minimum absolute atomic E-state index is 0.0101. The molecule has 0 aromatic heterocycles. The van der Waals surface area contributed by atoms with E-state index in [0.717, 1.165) is 6.07 Å². The summed E-state index contributed by atoms with van der Waals surface area (Å²) in [6.07, 6.45) is -4.79. The van der Waals surface area contributed by atoms with Gasteiger partial charge in [0.1, 0.15) is 6.07 Å². The van der Waals surface area contributed by atoms with Crippen LogP contribution in [0.5, 0.6) is 0 Å². The molecule has 0 heterocycles. The van der Waals surface area contributed by atoms with Gasteiger partial charge in [-0.25, -0.2) is 8.78 Å². The summed E-state index contributed by atoms with van der Waals surface area (Å²) < 4.78 is 61.2. The van der Waals surface area contributed by atoms with Crippen LogP contribution in [0.15, 0.2) is 12.1 Å². The lowest BCUT2D eigenvalue weighted by atomic mass is 10.1. The second-order valence-corrected chi connectivity index (χ2v) is 2.43. The molecule has 0 fully saturated rings. The van der Waals surface area contributed by atoms with Crippen molar-refractivity contribution in [2.24, 2.45) is 0 Å². The summed E-state index contributed by atoms with van der Waals surface area (Å²) in [5.74, 6) is -3.25. The van der Waals surface area contributed by atoms with Gasteiger partial charge in [-0.05, 0) is 12.1 Å². The van der Waals surface area contributed by atoms with E-state index in [1.165, 1.54) is 0 Å². The molecule has 1 aromatic rings. The maximum atomic E-state index is 12.6. The average molecular weight is 207 g/mol. The topological polar surface area (TPSA) is 23.8 Å². The van der Waals surface area contributed by atoms with Gasteiger partial charge in [0.15, 0.2) is 11.6 Å². The quantitative estimate of drug-likeness (QED) is 0.600. The summed E-state index contributed by atoms with van der Waals surface area (Å²) >= 11 is 0. The van der Waals surface area contributed by atoms with Crippen LogP contribution in [0.4, 0.5) is 22.0 Å². The van der Waals surface area contributed by atoms with Crippen molar-refractivity contribution in [2.45, 2.75) is 6.18 Å². The van der Waals surface area contributed by atoms with Crippen molar-refractivity contribution in [1.29, 1.82) is 5.26 Å². The molecule has 1 aromatic carbocycles. The molecule has 0 atom stereocenters. The van der Waals surface area contributed by atoms with Crippen LogP contribution in [-0.4, -0.2) is 0 Å². The van der Waals surface area contributed by atoms with Crippen molar-refractivity contribution in [1.82, 2.24) is 0 Å². The molecule has 0 aliphatic carbocycles. The Labute approximate surface area is 75.4 Å². The van der Waals surface area contributed by atoms with E-state index in [4.69, 9.17) is 5.26 Å². The van der Waals surface area contributed by atoms with Crippen LogP contribution in [0.2, 0.25) is 0 Å². The second kappa shape index (κ2) is 3.25. The highest BCUT2D eigenvalue weighted by molar-refractivity contribution is 5.36. The fourth-order valence-corrected chi connectivity index (χ4v) is 0.834. The monoisotopic (exact) mass is 207 g/mol. The first kappa shape index (κ1) is 10.4. The first-order valence-electron chi connectivity index (χ1n) is 3.32. The molecule has 0 radical (unpaired) electrons. The zero-order chi connectivity index (χ0) is 10.9. The lowest BCUT2D eigenvalue weighted by Gasteiger charge is -2.07. The van der Waals surface area contributed by atoms with Crippen LogP contribution in [0.3, 0.4) is 0 Å². The zero-order valence-corrected chi connectivity index (χ0v) is 6.49. The van der Waals surface area contributed by atoms with Crippen molar-refractivity contribution in [3.63, 3.8) is 0 Å². The molecule has 0 saturated carbocycles. The lowest BCUT2D eigenvalue weighted by Crippen LogP contribution is -2.07. The molecular formula is C8H2F5N. The van der Waals surface area contributed by atoms with E-state index in [1.807, 2.05) is 0 Å². The third-order valence-corrected chi connectivity index (χ3v) is 1.48. The summed E-state index contributed by atoms with van der Waals surface area (Å²) in [4.78, 5) is 0. The number of hydrogen-bond acceptors (Lipinski definition) is 1. The van der Waals surface area contributed by atoms with E-state index in [2.05, 4.69) is 0 Å². The normalized spacial score (nSPS) is 11.1. The van der Waals surface area contributed by atoms with Crippen LogP contribution in [0, 0.1) is 23.0 Å². The van der Waals surface area contributed by atoms with Gasteiger partial charge in [0.25, 0.3) is 0 Å². The Kier molecular flexibility index (Phi) is 2.43. The van der Waals surface area contributed by atoms with Crippen molar-refractivity contribution < 1.29 is 22.0 Å². The number of rotatable bonds is 0. The Morgan fingerprint density at radius 2 is 1.71 bits per heavy atom. The molecule has 0 aliphatic rings. The molecular weight excluding hydrogens is 205 g/mol. The maximum absolute atomic E-state index is 12.6. The van der Waals surface area contributed by atoms with Crippen LogP contribution in [-0.2, 0) is 6.18 Å². The van der Waals surface area contributed by atoms with Crippen molar-refractivity contribution in [3.8, 4) is 6.07 Å². The van der Waals surface area contributed by atoms with E-state index < -0.39 is 28.9 Å². The van der Waals surface area contributed by atoms with Crippen LogP contribution in [0.25, 0.3) is 0 Å². The molecule has 6 heteroatoms. The molecule has 0 unspecified atom stereocenters. The first-order valence-corrected chi connectivity index (χ1v) is 3.32. The Bertz CT molecular complexity index is 401. The number of benzene rings is 1. The third kappa shape index (κ3) is 1.82. The third-order valence-electron chi connectivity index (χ3n) is 1.48. The molecule has 0 N–H and O–H groups in total. The van der Waals surface area contributed by atoms with Gasteiger partial charge in [0.05, 0.1) is 11.1 Å². The van der Waals surface area contributed by atoms with Crippen molar-refractivity contribution in [2.75, 3.05) is 0 Å². The van der Waals surface area contributed by atoms with E-state index in [-0.39, 0.29) is 12.1 Å². The standard InChI is InChI=1S/C8H2F5N/c9-6-2-5(8(11,12)13)1-4(3-14)7(6)10/h1-2H. The minimum Gasteiger partial charge on any atom is -0.204 e. The van der Waals surface area contributed by atoms with E-state index in [1.54, 1.807) is 0 Å². The van der Waals surface area contributed by atoms with Gasteiger partial charge in [-0.2, -0.15) is 18.4 Å². The molecule has 0 spiro atoms. The Morgan fingerprint density at radius 1 is 1.14 bits per heavy atom. The number of nitriles is 1. The predicted octanol–water partition coefficient (Wildman–Crippen LogP) is 2.86. The molecule has 0 bridgehead atoms. The first-order chi connectivity index (χ1) is 6.36. The largest absolute Gasteiger partial charge is 0.416 e. The van der Waals surface area contributed by atoms with Gasteiger partial charge < -0.3 is 0 Å². The Balaban J connectivity index is 3.40. The Hall–Kier alpha value is -1.64. The summed E-state index contributed by atoms with van der Waals surface area (Å²) in [5, 5.41) is 8.21. The molecule has 14 heavy (non-hydrogen) atoms. The zero-order valence-electron chi connectivity index (χ0n) is 6.49. The van der Waals surface area contributed by atoms with Crippen LogP contribution >= 0.6 is 0 Å². The molecule has 0 aliphatic heterocycles. The molecule has 0 amide bonds. The van der Waals surface area contributed by atoms with Gasteiger partial charge >= 0.3 is 6.18 Å². The van der Waals surface area contributed by atoms with Gasteiger partial charge in [0, 0.05) is 0 Å². The predicted molar refractivity (Wildman–Crippen MR) is 36.1 cm³/mol. The van der Waals surface area contributed by atoms with Crippen LogP contribution in [0.1, 0.15) is 11.1 Å². The van der Waals surface area contributed by atoms with Crippen LogP contribution < -0.4 is 0 Å². The fourth-order valence-electron chi connectivity index (χ4n) is 0.834.